The molecule has 3 aromatic rings. The summed E-state index contributed by atoms with van der Waals surface area (Å²) in [6.45, 7) is 7.66. The molecule has 3 heterocycles. The number of hydrogen-bond donors (Lipinski definition) is 3. The molecule has 30 heavy (non-hydrogen) atoms. The number of thiazole rings is 1. The summed E-state index contributed by atoms with van der Waals surface area (Å²) in [5, 5.41) is 24.8. The number of aromatic nitrogens is 1. The lowest BCUT2D eigenvalue weighted by atomic mass is 9.99. The van der Waals surface area contributed by atoms with E-state index in [0.717, 1.165) is 32.3 Å². The fourth-order valence-corrected chi connectivity index (χ4v) is 5.39. The highest BCUT2D eigenvalue weighted by Crippen LogP contribution is 2.41. The maximum absolute atomic E-state index is 9.05. The summed E-state index contributed by atoms with van der Waals surface area (Å²) >= 11 is 9.16. The lowest BCUT2D eigenvalue weighted by molar-refractivity contribution is 0.708. The largest absolute Gasteiger partial charge is 0.331 e. The minimum absolute atomic E-state index is 0.177. The Bertz CT molecular complexity index is 1160. The molecule has 6 nitrogen and oxygen atoms in total. The summed E-state index contributed by atoms with van der Waals surface area (Å²) in [6, 6.07) is 7.57. The smallest absolute Gasteiger partial charge is 0.187 e. The van der Waals surface area contributed by atoms with Crippen LogP contribution < -0.4 is 10.2 Å². The van der Waals surface area contributed by atoms with Crippen LogP contribution in [0.3, 0.4) is 0 Å². The molecule has 0 saturated carbocycles. The van der Waals surface area contributed by atoms with Crippen LogP contribution in [0.4, 0.5) is 10.1 Å². The second kappa shape index (κ2) is 7.61. The van der Waals surface area contributed by atoms with Crippen molar-refractivity contribution >= 4 is 61.8 Å². The number of aryl methyl sites for hydroxylation is 1. The highest BCUT2D eigenvalue weighted by Gasteiger charge is 2.41. The van der Waals surface area contributed by atoms with Gasteiger partial charge in [0.15, 0.2) is 16.6 Å². The molecular formula is C21H21ClN6S2. The summed E-state index contributed by atoms with van der Waals surface area (Å²) in [6.07, 6.45) is 1.71. The summed E-state index contributed by atoms with van der Waals surface area (Å²) < 4.78 is 0. The van der Waals surface area contributed by atoms with E-state index in [0.29, 0.717) is 10.2 Å². The second-order valence-electron chi connectivity index (χ2n) is 7.23. The molecule has 0 radical (unpaired) electrons. The summed E-state index contributed by atoms with van der Waals surface area (Å²) in [4.78, 5) is 12.2. The molecule has 1 unspecified atom stereocenters. The van der Waals surface area contributed by atoms with Crippen molar-refractivity contribution in [3.63, 3.8) is 0 Å². The summed E-state index contributed by atoms with van der Waals surface area (Å²) in [5.41, 5.74) is 2.60. The van der Waals surface area contributed by atoms with Crippen molar-refractivity contribution in [1.29, 1.82) is 10.8 Å². The van der Waals surface area contributed by atoms with E-state index in [-0.39, 0.29) is 11.7 Å². The predicted octanol–water partition coefficient (Wildman–Crippen LogP) is 5.93. The lowest BCUT2D eigenvalue weighted by Gasteiger charge is -2.32. The number of rotatable bonds is 3. The Kier molecular flexibility index (Phi) is 5.25. The van der Waals surface area contributed by atoms with E-state index in [2.05, 4.69) is 24.1 Å². The van der Waals surface area contributed by atoms with E-state index in [1.165, 1.54) is 11.3 Å². The third-order valence-electron chi connectivity index (χ3n) is 5.06. The summed E-state index contributed by atoms with van der Waals surface area (Å²) in [7, 11) is 0. The van der Waals surface area contributed by atoms with Crippen LogP contribution in [0.5, 0.6) is 0 Å². The van der Waals surface area contributed by atoms with Crippen LogP contribution in [0.1, 0.15) is 35.4 Å². The molecule has 9 heteroatoms. The SMILES string of the molecule is CC(=N)N1C(=N)C(C)(Nc2nccs2)N=C(c2ccc(Cl)cc2)c2c1sc(C)c2C. The molecule has 3 N–H and O–H groups in total. The Morgan fingerprint density at radius 3 is 2.53 bits per heavy atom. The zero-order chi connectivity index (χ0) is 21.6. The molecule has 2 aromatic heterocycles. The number of fused-ring (bicyclic) bond motifs is 1. The van der Waals surface area contributed by atoms with E-state index in [4.69, 9.17) is 27.4 Å². The van der Waals surface area contributed by atoms with Gasteiger partial charge in [-0.1, -0.05) is 23.7 Å². The Labute approximate surface area is 188 Å². The van der Waals surface area contributed by atoms with Crippen LogP contribution in [-0.4, -0.2) is 28.0 Å². The first-order chi connectivity index (χ1) is 14.2. The Morgan fingerprint density at radius 2 is 1.93 bits per heavy atom. The minimum atomic E-state index is -1.12. The van der Waals surface area contributed by atoms with Gasteiger partial charge in [0, 0.05) is 32.6 Å². The van der Waals surface area contributed by atoms with Crippen molar-refractivity contribution in [2.24, 2.45) is 4.99 Å². The van der Waals surface area contributed by atoms with Gasteiger partial charge in [-0.2, -0.15) is 0 Å². The summed E-state index contributed by atoms with van der Waals surface area (Å²) in [5.74, 6) is 0.443. The number of aliphatic imine (C=N–C) groups is 1. The predicted molar refractivity (Wildman–Crippen MR) is 129 cm³/mol. The Balaban J connectivity index is 2.01. The number of nitrogens with one attached hydrogen (secondary N) is 3. The number of amidine groups is 2. The van der Waals surface area contributed by atoms with E-state index >= 15 is 0 Å². The molecule has 1 aromatic carbocycles. The van der Waals surface area contributed by atoms with Gasteiger partial charge < -0.3 is 5.32 Å². The molecular weight excluding hydrogens is 436 g/mol. The van der Waals surface area contributed by atoms with Gasteiger partial charge in [-0.15, -0.1) is 22.7 Å². The van der Waals surface area contributed by atoms with Gasteiger partial charge in [0.05, 0.1) is 5.71 Å². The standard InChI is InChI=1S/C21H21ClN6S2/c1-11-12(2)30-18-16(11)17(14-5-7-15(22)8-6-14)26-21(4,19(24)28(18)13(3)23)27-20-25-9-10-29-20/h5-10,23-24H,1-4H3,(H,25,27). The van der Waals surface area contributed by atoms with E-state index in [9.17, 15) is 0 Å². The van der Waals surface area contributed by atoms with Gasteiger partial charge in [-0.3, -0.25) is 15.7 Å². The van der Waals surface area contributed by atoms with Crippen LogP contribution in [0, 0.1) is 24.7 Å². The van der Waals surface area contributed by atoms with Crippen LogP contribution in [-0.2, 0) is 0 Å². The third-order valence-corrected chi connectivity index (χ3v) is 7.20. The molecule has 154 valence electrons. The average Bonchev–Trinajstić information content (AvgIpc) is 3.27. The van der Waals surface area contributed by atoms with Gasteiger partial charge in [0.2, 0.25) is 0 Å². The quantitative estimate of drug-likeness (QED) is 0.337. The maximum Gasteiger partial charge on any atom is 0.187 e. The van der Waals surface area contributed by atoms with Gasteiger partial charge in [0.25, 0.3) is 0 Å². The van der Waals surface area contributed by atoms with Crippen molar-refractivity contribution in [3.8, 4) is 0 Å². The molecule has 0 spiro atoms. The van der Waals surface area contributed by atoms with Crippen molar-refractivity contribution < 1.29 is 0 Å². The molecule has 0 fully saturated rings. The third kappa shape index (κ3) is 3.45. The molecule has 0 bridgehead atoms. The number of halogens is 1. The van der Waals surface area contributed by atoms with Gasteiger partial charge in [-0.25, -0.2) is 9.98 Å². The lowest BCUT2D eigenvalue weighted by Crippen LogP contribution is -2.51. The van der Waals surface area contributed by atoms with Gasteiger partial charge in [0.1, 0.15) is 10.8 Å². The molecule has 0 amide bonds. The first-order valence-electron chi connectivity index (χ1n) is 9.29. The van der Waals surface area contributed by atoms with Crippen molar-refractivity contribution in [3.05, 3.63) is 62.4 Å². The Hall–Kier alpha value is -2.55. The molecule has 1 aliphatic heterocycles. The monoisotopic (exact) mass is 456 g/mol. The number of anilines is 2. The molecule has 4 rings (SSSR count). The number of nitrogens with zero attached hydrogens (tertiary/aromatic N) is 3. The first-order valence-corrected chi connectivity index (χ1v) is 11.4. The minimum Gasteiger partial charge on any atom is -0.331 e. The Morgan fingerprint density at radius 1 is 1.23 bits per heavy atom. The number of thiophene rings is 1. The van der Waals surface area contributed by atoms with E-state index < -0.39 is 5.66 Å². The molecule has 1 aliphatic rings. The molecule has 0 aliphatic carbocycles. The highest BCUT2D eigenvalue weighted by atomic mass is 35.5. The number of hydrogen-bond acceptors (Lipinski definition) is 7. The molecule has 1 atom stereocenters. The van der Waals surface area contributed by atoms with Crippen molar-refractivity contribution in [2.45, 2.75) is 33.4 Å². The zero-order valence-electron chi connectivity index (χ0n) is 17.0. The highest BCUT2D eigenvalue weighted by molar-refractivity contribution is 7.17. The topological polar surface area (TPSA) is 88.2 Å². The van der Waals surface area contributed by atoms with Crippen LogP contribution in [0.25, 0.3) is 0 Å². The van der Waals surface area contributed by atoms with Crippen molar-refractivity contribution in [2.75, 3.05) is 10.2 Å². The van der Waals surface area contributed by atoms with Crippen LogP contribution in [0.15, 0.2) is 40.8 Å². The van der Waals surface area contributed by atoms with Gasteiger partial charge >= 0.3 is 0 Å². The molecule has 0 saturated heterocycles. The first kappa shape index (κ1) is 20.7. The normalized spacial score (nSPS) is 18.6. The fraction of sp³-hybridized carbons (Fsp3) is 0.238. The second-order valence-corrected chi connectivity index (χ2v) is 9.77. The number of benzene rings is 1. The maximum atomic E-state index is 9.05. The fourth-order valence-electron chi connectivity index (χ4n) is 3.41. The zero-order valence-corrected chi connectivity index (χ0v) is 19.4. The van der Waals surface area contributed by atoms with Gasteiger partial charge in [-0.05, 0) is 45.4 Å². The average molecular weight is 457 g/mol. The van der Waals surface area contributed by atoms with Crippen LogP contribution >= 0.6 is 34.3 Å². The van der Waals surface area contributed by atoms with Crippen molar-refractivity contribution in [1.82, 2.24) is 4.98 Å². The van der Waals surface area contributed by atoms with E-state index in [1.807, 2.05) is 36.6 Å². The van der Waals surface area contributed by atoms with Crippen LogP contribution in [0.2, 0.25) is 5.02 Å². The van der Waals surface area contributed by atoms with E-state index in [1.54, 1.807) is 29.4 Å².